The lowest BCUT2D eigenvalue weighted by atomic mass is 10.0. The van der Waals surface area contributed by atoms with Crippen LogP contribution < -0.4 is 16.8 Å². The molecule has 1 saturated heterocycles. The van der Waals surface area contributed by atoms with Gasteiger partial charge in [-0.05, 0) is 25.8 Å². The number of β-lactam (4-membered cyclic amide) rings is 1. The van der Waals surface area contributed by atoms with Gasteiger partial charge in [0.2, 0.25) is 5.91 Å². The van der Waals surface area contributed by atoms with E-state index in [-0.39, 0.29) is 24.0 Å². The SMILES string of the molecule is CC/C=C(/CN[C@@H]1C(=O)N2C(C(=O)OCOCC(C)(OC)OC)=C(OC(N)=O)C(C)S[C@H]12)c1csc(N)n1. The number of primary amides is 1. The number of carbonyl (C=O) groups is 3. The molecular weight excluding hydrogens is 538 g/mol. The van der Waals surface area contributed by atoms with Crippen LogP contribution in [0.25, 0.3) is 5.57 Å². The van der Waals surface area contributed by atoms with Gasteiger partial charge in [0.1, 0.15) is 18.0 Å². The van der Waals surface area contributed by atoms with Crippen LogP contribution in [0.1, 0.15) is 32.9 Å². The first-order chi connectivity index (χ1) is 18.0. The van der Waals surface area contributed by atoms with Crippen molar-refractivity contribution in [3.8, 4) is 0 Å². The number of nitrogen functional groups attached to an aromatic ring is 1. The van der Waals surface area contributed by atoms with Gasteiger partial charge in [0, 0.05) is 26.1 Å². The van der Waals surface area contributed by atoms with Crippen LogP contribution in [0.5, 0.6) is 0 Å². The lowest BCUT2D eigenvalue weighted by Gasteiger charge is -2.50. The highest BCUT2D eigenvalue weighted by atomic mass is 32.2. The summed E-state index contributed by atoms with van der Waals surface area (Å²) in [6.07, 6.45) is 1.68. The number of methoxy groups -OCH3 is 2. The molecule has 3 heterocycles. The molecule has 0 saturated carbocycles. The predicted octanol–water partition coefficient (Wildman–Crippen LogP) is 1.61. The van der Waals surface area contributed by atoms with Crippen molar-refractivity contribution in [2.24, 2.45) is 5.73 Å². The Morgan fingerprint density at radius 3 is 2.61 bits per heavy atom. The Bertz CT molecular complexity index is 1100. The Balaban J connectivity index is 1.73. The van der Waals surface area contributed by atoms with Crippen molar-refractivity contribution < 1.29 is 38.1 Å². The molecule has 1 fully saturated rings. The van der Waals surface area contributed by atoms with Crippen LogP contribution in [-0.2, 0) is 33.3 Å². The summed E-state index contributed by atoms with van der Waals surface area (Å²) in [7, 11) is 2.90. The summed E-state index contributed by atoms with van der Waals surface area (Å²) in [5, 5.41) is 4.66. The lowest BCUT2D eigenvalue weighted by Crippen LogP contribution is -2.70. The van der Waals surface area contributed by atoms with Gasteiger partial charge < -0.3 is 35.2 Å². The number of esters is 1. The van der Waals surface area contributed by atoms with Crippen molar-refractivity contribution in [2.75, 3.05) is 39.9 Å². The molecule has 0 aromatic carbocycles. The maximum Gasteiger partial charge on any atom is 0.409 e. The van der Waals surface area contributed by atoms with Gasteiger partial charge in [-0.3, -0.25) is 15.0 Å². The van der Waals surface area contributed by atoms with Crippen LogP contribution in [0.3, 0.4) is 0 Å². The van der Waals surface area contributed by atoms with Gasteiger partial charge in [0.15, 0.2) is 29.2 Å². The van der Waals surface area contributed by atoms with Gasteiger partial charge in [-0.25, -0.2) is 14.6 Å². The van der Waals surface area contributed by atoms with E-state index in [1.807, 2.05) is 18.4 Å². The molecule has 0 aliphatic carbocycles. The van der Waals surface area contributed by atoms with Crippen molar-refractivity contribution in [3.05, 3.63) is 28.6 Å². The highest BCUT2D eigenvalue weighted by molar-refractivity contribution is 8.00. The Morgan fingerprint density at radius 2 is 2.03 bits per heavy atom. The van der Waals surface area contributed by atoms with Crippen molar-refractivity contribution >= 4 is 51.8 Å². The van der Waals surface area contributed by atoms with E-state index >= 15 is 0 Å². The molecule has 3 atom stereocenters. The minimum atomic E-state index is -1.11. The van der Waals surface area contributed by atoms with Crippen LogP contribution >= 0.6 is 23.1 Å². The van der Waals surface area contributed by atoms with E-state index in [4.69, 9.17) is 35.2 Å². The molecule has 2 aliphatic rings. The third-order valence-electron chi connectivity index (χ3n) is 5.95. The average Bonchev–Trinajstić information content (AvgIpc) is 3.32. The highest BCUT2D eigenvalue weighted by Crippen LogP contribution is 2.44. The van der Waals surface area contributed by atoms with Crippen molar-refractivity contribution in [1.29, 1.82) is 0 Å². The second-order valence-corrected chi connectivity index (χ2v) is 10.9. The number of hydrogen-bond acceptors (Lipinski definition) is 13. The molecule has 0 radical (unpaired) electrons. The number of fused-ring (bicyclic) bond motifs is 1. The third kappa shape index (κ3) is 6.65. The van der Waals surface area contributed by atoms with Crippen molar-refractivity contribution in [1.82, 2.24) is 15.2 Å². The monoisotopic (exact) mass is 571 g/mol. The zero-order valence-corrected chi connectivity index (χ0v) is 23.5. The summed E-state index contributed by atoms with van der Waals surface area (Å²) in [5.74, 6) is -2.37. The number of thioether (sulfide) groups is 1. The molecule has 15 heteroatoms. The molecule has 1 aromatic rings. The number of nitrogens with one attached hydrogen (secondary N) is 1. The van der Waals surface area contributed by atoms with E-state index < -0.39 is 41.3 Å². The van der Waals surface area contributed by atoms with E-state index in [0.717, 1.165) is 17.7 Å². The minimum absolute atomic E-state index is 0.0290. The van der Waals surface area contributed by atoms with E-state index in [9.17, 15) is 14.4 Å². The first-order valence-electron chi connectivity index (χ1n) is 11.7. The summed E-state index contributed by atoms with van der Waals surface area (Å²) in [6.45, 7) is 5.28. The normalized spacial score (nSPS) is 21.7. The van der Waals surface area contributed by atoms with Crippen molar-refractivity contribution in [2.45, 2.75) is 49.6 Å². The van der Waals surface area contributed by atoms with Crippen LogP contribution in [0.4, 0.5) is 9.93 Å². The van der Waals surface area contributed by atoms with E-state index in [1.165, 1.54) is 42.2 Å². The van der Waals surface area contributed by atoms with E-state index in [1.54, 1.807) is 13.8 Å². The molecular formula is C23H33N5O8S2. The number of hydrogen-bond donors (Lipinski definition) is 3. The van der Waals surface area contributed by atoms with Gasteiger partial charge in [-0.2, -0.15) is 0 Å². The highest BCUT2D eigenvalue weighted by Gasteiger charge is 2.56. The number of nitrogens with two attached hydrogens (primary N) is 2. The second kappa shape index (κ2) is 12.9. The number of allylic oxidation sites excluding steroid dienone is 1. The molecule has 0 bridgehead atoms. The summed E-state index contributed by atoms with van der Waals surface area (Å²) < 4.78 is 26.1. The lowest BCUT2D eigenvalue weighted by molar-refractivity contribution is -0.234. The minimum Gasteiger partial charge on any atom is -0.434 e. The average molecular weight is 572 g/mol. The van der Waals surface area contributed by atoms with E-state index in [2.05, 4.69) is 10.3 Å². The summed E-state index contributed by atoms with van der Waals surface area (Å²) in [4.78, 5) is 43.4. The topological polar surface area (TPSA) is 178 Å². The van der Waals surface area contributed by atoms with Crippen LogP contribution in [0, 0.1) is 0 Å². The Morgan fingerprint density at radius 1 is 1.32 bits per heavy atom. The second-order valence-electron chi connectivity index (χ2n) is 8.52. The number of ether oxygens (including phenoxy) is 5. The molecule has 210 valence electrons. The molecule has 13 nitrogen and oxygen atoms in total. The van der Waals surface area contributed by atoms with Gasteiger partial charge in [-0.15, -0.1) is 23.1 Å². The number of carbonyl (C=O) groups excluding carboxylic acids is 3. The fourth-order valence-electron chi connectivity index (χ4n) is 3.81. The Labute approximate surface area is 228 Å². The van der Waals surface area contributed by atoms with Crippen molar-refractivity contribution in [3.63, 3.8) is 0 Å². The van der Waals surface area contributed by atoms with Gasteiger partial charge in [0.25, 0.3) is 0 Å². The fraction of sp³-hybridized carbons (Fsp3) is 0.565. The van der Waals surface area contributed by atoms with E-state index in [0.29, 0.717) is 11.7 Å². The number of anilines is 1. The molecule has 0 spiro atoms. The molecule has 38 heavy (non-hydrogen) atoms. The van der Waals surface area contributed by atoms with Gasteiger partial charge in [0.05, 0.1) is 10.9 Å². The maximum absolute atomic E-state index is 13.2. The summed E-state index contributed by atoms with van der Waals surface area (Å²) >= 11 is 2.69. The molecule has 1 unspecified atom stereocenters. The standard InChI is InChI=1S/C23H33N5O8S2/c1-6-7-13(14-9-37-21(24)27-14)8-26-15-18(29)28-16(17(36-22(25)31)12(2)38-19(15)28)20(30)35-11-34-10-23(3,32-4)33-5/h7,9,12,15,19,26H,6,8,10-11H2,1-5H3,(H2,24,27)(H2,25,31)/b13-7-/t12?,15-,19-/m1/s1. The smallest absolute Gasteiger partial charge is 0.409 e. The first-order valence-corrected chi connectivity index (χ1v) is 13.6. The fourth-order valence-corrected chi connectivity index (χ4v) is 5.80. The molecule has 5 N–H and O–H groups in total. The summed E-state index contributed by atoms with van der Waals surface area (Å²) in [5.41, 5.74) is 12.5. The zero-order chi connectivity index (χ0) is 28.0. The summed E-state index contributed by atoms with van der Waals surface area (Å²) in [6, 6.07) is -0.600. The number of amides is 2. The number of nitrogens with zero attached hydrogens (tertiary/aromatic N) is 2. The van der Waals surface area contributed by atoms with Crippen LogP contribution in [0.2, 0.25) is 0 Å². The van der Waals surface area contributed by atoms with Gasteiger partial charge in [-0.1, -0.05) is 13.0 Å². The Hall–Kier alpha value is -2.69. The third-order valence-corrected chi connectivity index (χ3v) is 8.01. The first kappa shape index (κ1) is 29.9. The number of thiazole rings is 1. The quantitative estimate of drug-likeness (QED) is 0.135. The zero-order valence-electron chi connectivity index (χ0n) is 21.8. The van der Waals surface area contributed by atoms with Crippen LogP contribution in [0.15, 0.2) is 22.9 Å². The Kier molecular flexibility index (Phi) is 10.1. The van der Waals surface area contributed by atoms with Crippen LogP contribution in [-0.4, -0.2) is 84.5 Å². The molecule has 2 aliphatic heterocycles. The predicted molar refractivity (Wildman–Crippen MR) is 141 cm³/mol. The number of rotatable bonds is 13. The maximum atomic E-state index is 13.2. The molecule has 2 amide bonds. The molecule has 1 aromatic heterocycles. The number of aromatic nitrogens is 1. The largest absolute Gasteiger partial charge is 0.434 e. The molecule has 3 rings (SSSR count). The van der Waals surface area contributed by atoms with Gasteiger partial charge >= 0.3 is 12.1 Å².